The SMILES string of the molecule is COc1ccc(C(C)NC(=O)N(C)Cc2cccc(F)c2)cc1Br. The van der Waals surface area contributed by atoms with Gasteiger partial charge in [-0.05, 0) is 58.2 Å². The monoisotopic (exact) mass is 394 g/mol. The molecule has 2 rings (SSSR count). The van der Waals surface area contributed by atoms with Crippen LogP contribution in [-0.4, -0.2) is 25.1 Å². The van der Waals surface area contributed by atoms with E-state index in [0.717, 1.165) is 21.3 Å². The number of methoxy groups -OCH3 is 1. The largest absolute Gasteiger partial charge is 0.496 e. The molecule has 0 aliphatic heterocycles. The summed E-state index contributed by atoms with van der Waals surface area (Å²) in [6.07, 6.45) is 0. The maximum atomic E-state index is 13.2. The number of amides is 2. The molecule has 0 aliphatic carbocycles. The van der Waals surface area contributed by atoms with E-state index in [1.54, 1.807) is 26.3 Å². The minimum atomic E-state index is -0.308. The molecule has 24 heavy (non-hydrogen) atoms. The first-order chi connectivity index (χ1) is 11.4. The fourth-order valence-corrected chi connectivity index (χ4v) is 2.87. The van der Waals surface area contributed by atoms with Crippen LogP contribution in [0, 0.1) is 5.82 Å². The first-order valence-corrected chi connectivity index (χ1v) is 8.29. The van der Waals surface area contributed by atoms with Gasteiger partial charge in [-0.2, -0.15) is 0 Å². The molecular weight excluding hydrogens is 375 g/mol. The second-order valence-electron chi connectivity index (χ2n) is 5.55. The molecule has 1 N–H and O–H groups in total. The first kappa shape index (κ1) is 18.3. The van der Waals surface area contributed by atoms with Gasteiger partial charge in [0.15, 0.2) is 0 Å². The van der Waals surface area contributed by atoms with Crippen LogP contribution >= 0.6 is 15.9 Å². The third-order valence-electron chi connectivity index (χ3n) is 3.67. The van der Waals surface area contributed by atoms with Gasteiger partial charge in [0.05, 0.1) is 17.6 Å². The molecule has 128 valence electrons. The first-order valence-electron chi connectivity index (χ1n) is 7.50. The number of nitrogens with one attached hydrogen (secondary N) is 1. The van der Waals surface area contributed by atoms with Crippen molar-refractivity contribution in [3.8, 4) is 5.75 Å². The highest BCUT2D eigenvalue weighted by molar-refractivity contribution is 9.10. The van der Waals surface area contributed by atoms with Crippen molar-refractivity contribution in [2.24, 2.45) is 0 Å². The van der Waals surface area contributed by atoms with Gasteiger partial charge in [0.2, 0.25) is 0 Å². The molecule has 4 nitrogen and oxygen atoms in total. The lowest BCUT2D eigenvalue weighted by atomic mass is 10.1. The molecule has 0 saturated carbocycles. The predicted octanol–water partition coefficient (Wildman–Crippen LogP) is 4.50. The van der Waals surface area contributed by atoms with E-state index in [-0.39, 0.29) is 17.9 Å². The van der Waals surface area contributed by atoms with Gasteiger partial charge in [-0.1, -0.05) is 18.2 Å². The second kappa shape index (κ2) is 8.15. The minimum Gasteiger partial charge on any atom is -0.496 e. The van der Waals surface area contributed by atoms with Crippen molar-refractivity contribution in [1.29, 1.82) is 0 Å². The number of ether oxygens (including phenoxy) is 1. The summed E-state index contributed by atoms with van der Waals surface area (Å²) in [5.41, 5.74) is 1.70. The number of benzene rings is 2. The van der Waals surface area contributed by atoms with E-state index < -0.39 is 0 Å². The van der Waals surface area contributed by atoms with Crippen LogP contribution in [0.3, 0.4) is 0 Å². The van der Waals surface area contributed by atoms with Gasteiger partial charge in [-0.25, -0.2) is 9.18 Å². The molecule has 0 fully saturated rings. The topological polar surface area (TPSA) is 41.6 Å². The molecule has 0 aliphatic rings. The lowest BCUT2D eigenvalue weighted by molar-refractivity contribution is 0.203. The number of carbonyl (C=O) groups excluding carboxylic acids is 1. The number of hydrogen-bond acceptors (Lipinski definition) is 2. The Morgan fingerprint density at radius 3 is 2.71 bits per heavy atom. The summed E-state index contributed by atoms with van der Waals surface area (Å²) in [7, 11) is 3.28. The van der Waals surface area contributed by atoms with Gasteiger partial charge in [-0.3, -0.25) is 0 Å². The molecular formula is C18H20BrFN2O2. The van der Waals surface area contributed by atoms with Crippen LogP contribution in [-0.2, 0) is 6.54 Å². The van der Waals surface area contributed by atoms with Crippen LogP contribution in [0.2, 0.25) is 0 Å². The van der Waals surface area contributed by atoms with Gasteiger partial charge < -0.3 is 15.0 Å². The van der Waals surface area contributed by atoms with Crippen LogP contribution in [0.1, 0.15) is 24.1 Å². The number of rotatable bonds is 5. The molecule has 6 heteroatoms. The van der Waals surface area contributed by atoms with Crippen LogP contribution in [0.15, 0.2) is 46.9 Å². The number of halogens is 2. The van der Waals surface area contributed by atoms with Gasteiger partial charge >= 0.3 is 6.03 Å². The highest BCUT2D eigenvalue weighted by atomic mass is 79.9. The Morgan fingerprint density at radius 2 is 2.08 bits per heavy atom. The molecule has 0 spiro atoms. The van der Waals surface area contributed by atoms with Crippen molar-refractivity contribution < 1.29 is 13.9 Å². The van der Waals surface area contributed by atoms with Crippen molar-refractivity contribution in [2.75, 3.05) is 14.2 Å². The molecule has 2 amide bonds. The number of nitrogens with zero attached hydrogens (tertiary/aromatic N) is 1. The van der Waals surface area contributed by atoms with Gasteiger partial charge in [-0.15, -0.1) is 0 Å². The van der Waals surface area contributed by atoms with E-state index in [9.17, 15) is 9.18 Å². The number of hydrogen-bond donors (Lipinski definition) is 1. The Labute approximate surface area is 149 Å². The van der Waals surface area contributed by atoms with Crippen LogP contribution < -0.4 is 10.1 Å². The van der Waals surface area contributed by atoms with E-state index in [2.05, 4.69) is 21.2 Å². The molecule has 0 bridgehead atoms. The highest BCUT2D eigenvalue weighted by Crippen LogP contribution is 2.28. The average Bonchev–Trinajstić information content (AvgIpc) is 2.54. The van der Waals surface area contributed by atoms with Gasteiger partial charge in [0, 0.05) is 13.6 Å². The Bertz CT molecular complexity index is 724. The predicted molar refractivity (Wildman–Crippen MR) is 95.5 cm³/mol. The smallest absolute Gasteiger partial charge is 0.317 e. The van der Waals surface area contributed by atoms with Gasteiger partial charge in [0.1, 0.15) is 11.6 Å². The lowest BCUT2D eigenvalue weighted by Crippen LogP contribution is -2.38. The van der Waals surface area contributed by atoms with Crippen molar-refractivity contribution in [1.82, 2.24) is 10.2 Å². The number of carbonyl (C=O) groups is 1. The van der Waals surface area contributed by atoms with E-state index in [1.165, 1.54) is 17.0 Å². The zero-order valence-electron chi connectivity index (χ0n) is 13.8. The zero-order valence-corrected chi connectivity index (χ0v) is 15.4. The maximum Gasteiger partial charge on any atom is 0.317 e. The molecule has 2 aromatic rings. The summed E-state index contributed by atoms with van der Waals surface area (Å²) in [6, 6.07) is 11.5. The van der Waals surface area contributed by atoms with Crippen molar-refractivity contribution in [3.05, 3.63) is 63.9 Å². The van der Waals surface area contributed by atoms with E-state index in [4.69, 9.17) is 4.74 Å². The Hall–Kier alpha value is -2.08. The van der Waals surface area contributed by atoms with Crippen LogP contribution in [0.4, 0.5) is 9.18 Å². The Balaban J connectivity index is 1.98. The Kier molecular flexibility index (Phi) is 6.20. The van der Waals surface area contributed by atoms with Crippen molar-refractivity contribution in [2.45, 2.75) is 19.5 Å². The molecule has 0 aromatic heterocycles. The summed E-state index contributed by atoms with van der Waals surface area (Å²) < 4.78 is 19.2. The van der Waals surface area contributed by atoms with E-state index >= 15 is 0 Å². The third kappa shape index (κ3) is 4.71. The fourth-order valence-electron chi connectivity index (χ4n) is 2.31. The maximum absolute atomic E-state index is 13.2. The summed E-state index contributed by atoms with van der Waals surface area (Å²) in [6.45, 7) is 2.24. The van der Waals surface area contributed by atoms with Crippen molar-refractivity contribution in [3.63, 3.8) is 0 Å². The molecule has 0 radical (unpaired) electrons. The second-order valence-corrected chi connectivity index (χ2v) is 6.41. The molecule has 0 saturated heterocycles. The number of urea groups is 1. The van der Waals surface area contributed by atoms with E-state index in [0.29, 0.717) is 6.54 Å². The lowest BCUT2D eigenvalue weighted by Gasteiger charge is -2.22. The quantitative estimate of drug-likeness (QED) is 0.810. The normalized spacial score (nSPS) is 11.7. The fraction of sp³-hybridized carbons (Fsp3) is 0.278. The molecule has 1 unspecified atom stereocenters. The minimum absolute atomic E-state index is 0.172. The Morgan fingerprint density at radius 1 is 1.33 bits per heavy atom. The standard InChI is InChI=1S/C18H20BrFN2O2/c1-12(14-7-8-17(24-3)16(19)10-14)21-18(23)22(2)11-13-5-4-6-15(20)9-13/h4-10,12H,11H2,1-3H3,(H,21,23). The molecule has 0 heterocycles. The van der Waals surface area contributed by atoms with Crippen LogP contribution in [0.25, 0.3) is 0 Å². The molecule has 2 aromatic carbocycles. The zero-order chi connectivity index (χ0) is 17.7. The van der Waals surface area contributed by atoms with Gasteiger partial charge in [0.25, 0.3) is 0 Å². The highest BCUT2D eigenvalue weighted by Gasteiger charge is 2.15. The average molecular weight is 395 g/mol. The third-order valence-corrected chi connectivity index (χ3v) is 4.29. The summed E-state index contributed by atoms with van der Waals surface area (Å²) in [5, 5.41) is 2.93. The summed E-state index contributed by atoms with van der Waals surface area (Å²) >= 11 is 3.44. The molecule has 1 atom stereocenters. The summed E-state index contributed by atoms with van der Waals surface area (Å²) in [4.78, 5) is 13.8. The van der Waals surface area contributed by atoms with Crippen molar-refractivity contribution >= 4 is 22.0 Å². The summed E-state index contributed by atoms with van der Waals surface area (Å²) in [5.74, 6) is 0.429. The van der Waals surface area contributed by atoms with Crippen LogP contribution in [0.5, 0.6) is 5.75 Å². The van der Waals surface area contributed by atoms with E-state index in [1.807, 2.05) is 25.1 Å².